The smallest absolute Gasteiger partial charge is 0.338 e. The van der Waals surface area contributed by atoms with Crippen LogP contribution in [0.25, 0.3) is 0 Å². The predicted molar refractivity (Wildman–Crippen MR) is 106 cm³/mol. The fourth-order valence-corrected chi connectivity index (χ4v) is 2.98. The van der Waals surface area contributed by atoms with Crippen molar-refractivity contribution >= 4 is 17.6 Å². The average molecular weight is 383 g/mol. The Hall–Kier alpha value is -2.86. The Labute approximate surface area is 165 Å². The molecule has 0 saturated carbocycles. The average Bonchev–Trinajstić information content (AvgIpc) is 3.25. The number of likely N-dealkylation sites (N-methyl/N-ethyl adjacent to an activating group) is 1. The number of hydrogen-bond acceptors (Lipinski definition) is 5. The van der Waals surface area contributed by atoms with Gasteiger partial charge in [-0.1, -0.05) is 18.2 Å². The van der Waals surface area contributed by atoms with E-state index >= 15 is 0 Å². The molecule has 1 heterocycles. The van der Waals surface area contributed by atoms with Gasteiger partial charge in [-0.05, 0) is 56.2 Å². The van der Waals surface area contributed by atoms with E-state index in [1.807, 2.05) is 30.3 Å². The van der Waals surface area contributed by atoms with Crippen LogP contribution in [0, 0.1) is 0 Å². The highest BCUT2D eigenvalue weighted by Gasteiger charge is 2.23. The highest BCUT2D eigenvalue weighted by molar-refractivity contribution is 5.98. The molecular weight excluding hydrogens is 358 g/mol. The Morgan fingerprint density at radius 1 is 1.14 bits per heavy atom. The Kier molecular flexibility index (Phi) is 6.66. The molecule has 0 N–H and O–H groups in total. The number of anilines is 1. The molecule has 1 fully saturated rings. The number of esters is 1. The zero-order valence-electron chi connectivity index (χ0n) is 16.2. The van der Waals surface area contributed by atoms with E-state index in [2.05, 4.69) is 0 Å². The molecule has 3 rings (SSSR count). The third-order valence-corrected chi connectivity index (χ3v) is 4.66. The molecule has 0 unspecified atom stereocenters. The van der Waals surface area contributed by atoms with Gasteiger partial charge >= 0.3 is 5.97 Å². The van der Waals surface area contributed by atoms with Crippen LogP contribution in [0.3, 0.4) is 0 Å². The molecule has 0 spiro atoms. The van der Waals surface area contributed by atoms with Crippen molar-refractivity contribution in [2.45, 2.75) is 32.0 Å². The molecule has 1 aliphatic rings. The first-order valence-electron chi connectivity index (χ1n) is 9.42. The van der Waals surface area contributed by atoms with Crippen molar-refractivity contribution in [1.82, 2.24) is 0 Å². The van der Waals surface area contributed by atoms with Crippen molar-refractivity contribution in [2.24, 2.45) is 0 Å². The number of amides is 1. The number of rotatable bonds is 7. The molecule has 2 aromatic carbocycles. The fourth-order valence-electron chi connectivity index (χ4n) is 2.98. The van der Waals surface area contributed by atoms with Crippen LogP contribution < -0.4 is 9.64 Å². The van der Waals surface area contributed by atoms with Gasteiger partial charge in [-0.15, -0.1) is 0 Å². The van der Waals surface area contributed by atoms with Crippen LogP contribution in [0.15, 0.2) is 54.6 Å². The number of carbonyl (C=O) groups excluding carboxylic acids is 2. The zero-order valence-corrected chi connectivity index (χ0v) is 16.2. The van der Waals surface area contributed by atoms with Crippen LogP contribution in [-0.2, 0) is 14.3 Å². The second-order valence-corrected chi connectivity index (χ2v) is 6.75. The molecule has 6 heteroatoms. The summed E-state index contributed by atoms with van der Waals surface area (Å²) in [5.41, 5.74) is 1.11. The highest BCUT2D eigenvalue weighted by atomic mass is 16.5. The monoisotopic (exact) mass is 383 g/mol. The molecule has 1 saturated heterocycles. The van der Waals surface area contributed by atoms with Gasteiger partial charge in [-0.2, -0.15) is 0 Å². The third kappa shape index (κ3) is 5.10. The minimum atomic E-state index is -0.895. The summed E-state index contributed by atoms with van der Waals surface area (Å²) in [5, 5.41) is 0. The summed E-state index contributed by atoms with van der Waals surface area (Å²) in [7, 11) is 1.65. The molecular formula is C22H25NO5. The molecule has 2 aromatic rings. The first-order chi connectivity index (χ1) is 13.5. The summed E-state index contributed by atoms with van der Waals surface area (Å²) in [6, 6.07) is 15.9. The van der Waals surface area contributed by atoms with E-state index in [1.54, 1.807) is 38.2 Å². The number of benzene rings is 2. The van der Waals surface area contributed by atoms with Gasteiger partial charge in [-0.25, -0.2) is 4.79 Å². The van der Waals surface area contributed by atoms with Crippen molar-refractivity contribution in [3.8, 4) is 5.75 Å². The van der Waals surface area contributed by atoms with E-state index in [4.69, 9.17) is 14.2 Å². The van der Waals surface area contributed by atoms with E-state index in [0.29, 0.717) is 17.9 Å². The Morgan fingerprint density at radius 2 is 1.86 bits per heavy atom. The summed E-state index contributed by atoms with van der Waals surface area (Å²) in [6.07, 6.45) is 1.31. The van der Waals surface area contributed by atoms with Crippen molar-refractivity contribution in [2.75, 3.05) is 25.2 Å². The summed E-state index contributed by atoms with van der Waals surface area (Å²) in [4.78, 5) is 26.3. The van der Waals surface area contributed by atoms with Crippen molar-refractivity contribution in [1.29, 1.82) is 0 Å². The van der Waals surface area contributed by atoms with Gasteiger partial charge in [0.15, 0.2) is 6.10 Å². The lowest BCUT2D eigenvalue weighted by Crippen LogP contribution is -2.37. The first kappa shape index (κ1) is 19.9. The molecule has 2 atom stereocenters. The lowest BCUT2D eigenvalue weighted by molar-refractivity contribution is -0.126. The van der Waals surface area contributed by atoms with E-state index < -0.39 is 12.1 Å². The maximum absolute atomic E-state index is 12.5. The van der Waals surface area contributed by atoms with Crippen LogP contribution in [0.4, 0.5) is 5.69 Å². The fraction of sp³-hybridized carbons (Fsp3) is 0.364. The van der Waals surface area contributed by atoms with Crippen molar-refractivity contribution in [3.05, 3.63) is 60.2 Å². The van der Waals surface area contributed by atoms with Gasteiger partial charge in [-0.3, -0.25) is 4.79 Å². The molecule has 0 aliphatic carbocycles. The molecule has 1 aliphatic heterocycles. The second kappa shape index (κ2) is 9.37. The van der Waals surface area contributed by atoms with Gasteiger partial charge in [0, 0.05) is 19.3 Å². The highest BCUT2D eigenvalue weighted by Crippen LogP contribution is 2.18. The quantitative estimate of drug-likeness (QED) is 0.685. The summed E-state index contributed by atoms with van der Waals surface area (Å²) in [5.74, 6) is -0.177. The largest absolute Gasteiger partial charge is 0.491 e. The standard InChI is InChI=1S/C22H25NO5/c1-16(21(24)23(2)18-7-4-3-5-8-18)28-22(25)17-10-12-19(13-11-17)27-15-20-9-6-14-26-20/h3-5,7-8,10-13,16,20H,6,9,14-15H2,1-2H3/t16-,20-/m0/s1. The van der Waals surface area contributed by atoms with Gasteiger partial charge in [0.1, 0.15) is 12.4 Å². The Morgan fingerprint density at radius 3 is 2.50 bits per heavy atom. The van der Waals surface area contributed by atoms with Crippen LogP contribution in [0.1, 0.15) is 30.1 Å². The number of ether oxygens (including phenoxy) is 3. The van der Waals surface area contributed by atoms with Gasteiger partial charge in [0.25, 0.3) is 5.91 Å². The summed E-state index contributed by atoms with van der Waals surface area (Å²) < 4.78 is 16.5. The second-order valence-electron chi connectivity index (χ2n) is 6.75. The normalized spacial score (nSPS) is 17.0. The third-order valence-electron chi connectivity index (χ3n) is 4.66. The Bertz CT molecular complexity index is 784. The number of para-hydroxylation sites is 1. The summed E-state index contributed by atoms with van der Waals surface area (Å²) in [6.45, 7) is 2.86. The minimum absolute atomic E-state index is 0.137. The number of carbonyl (C=O) groups is 2. The molecule has 0 radical (unpaired) electrons. The van der Waals surface area contributed by atoms with E-state index in [0.717, 1.165) is 25.1 Å². The lowest BCUT2D eigenvalue weighted by Gasteiger charge is -2.21. The maximum Gasteiger partial charge on any atom is 0.338 e. The molecule has 1 amide bonds. The van der Waals surface area contributed by atoms with E-state index in [1.165, 1.54) is 4.90 Å². The topological polar surface area (TPSA) is 65.1 Å². The van der Waals surface area contributed by atoms with Crippen LogP contribution in [0.5, 0.6) is 5.75 Å². The van der Waals surface area contributed by atoms with Crippen LogP contribution in [0.2, 0.25) is 0 Å². The zero-order chi connectivity index (χ0) is 19.9. The van der Waals surface area contributed by atoms with Crippen LogP contribution >= 0.6 is 0 Å². The Balaban J connectivity index is 1.52. The molecule has 28 heavy (non-hydrogen) atoms. The SMILES string of the molecule is C[C@H](OC(=O)c1ccc(OC[C@@H]2CCCO2)cc1)C(=O)N(C)c1ccccc1. The number of nitrogens with zero attached hydrogens (tertiary/aromatic N) is 1. The molecule has 6 nitrogen and oxygen atoms in total. The van der Waals surface area contributed by atoms with Crippen molar-refractivity contribution in [3.63, 3.8) is 0 Å². The maximum atomic E-state index is 12.5. The minimum Gasteiger partial charge on any atom is -0.491 e. The number of hydrogen-bond donors (Lipinski definition) is 0. The first-order valence-corrected chi connectivity index (χ1v) is 9.42. The van der Waals surface area contributed by atoms with E-state index in [9.17, 15) is 9.59 Å². The molecule has 0 bridgehead atoms. The van der Waals surface area contributed by atoms with Crippen LogP contribution in [-0.4, -0.2) is 44.3 Å². The van der Waals surface area contributed by atoms with Gasteiger partial charge in [0.05, 0.1) is 11.7 Å². The lowest BCUT2D eigenvalue weighted by atomic mass is 10.2. The van der Waals surface area contributed by atoms with Crippen molar-refractivity contribution < 1.29 is 23.8 Å². The van der Waals surface area contributed by atoms with Gasteiger partial charge in [0.2, 0.25) is 0 Å². The predicted octanol–water partition coefficient (Wildman–Crippen LogP) is 3.45. The molecule has 148 valence electrons. The van der Waals surface area contributed by atoms with Gasteiger partial charge < -0.3 is 19.1 Å². The molecule has 0 aromatic heterocycles. The summed E-state index contributed by atoms with van der Waals surface area (Å²) >= 11 is 0. The van der Waals surface area contributed by atoms with E-state index in [-0.39, 0.29) is 12.0 Å².